The molecular formula is C13H20N2O2. The van der Waals surface area contributed by atoms with Gasteiger partial charge in [0, 0.05) is 25.4 Å². The molecule has 0 fully saturated rings. The van der Waals surface area contributed by atoms with Crippen LogP contribution in [0.4, 0.5) is 0 Å². The first-order chi connectivity index (χ1) is 8.13. The van der Waals surface area contributed by atoms with Gasteiger partial charge < -0.3 is 4.57 Å². The third kappa shape index (κ3) is 2.21. The molecule has 1 aliphatic rings. The van der Waals surface area contributed by atoms with Crippen LogP contribution >= 0.6 is 0 Å². The van der Waals surface area contributed by atoms with Gasteiger partial charge in [0.05, 0.1) is 0 Å². The van der Waals surface area contributed by atoms with Crippen LogP contribution in [0.15, 0.2) is 9.59 Å². The third-order valence-electron chi connectivity index (χ3n) is 3.73. The van der Waals surface area contributed by atoms with Crippen molar-refractivity contribution in [2.45, 2.75) is 44.9 Å². The third-order valence-corrected chi connectivity index (χ3v) is 3.73. The molecular weight excluding hydrogens is 216 g/mol. The van der Waals surface area contributed by atoms with Gasteiger partial charge in [0.15, 0.2) is 0 Å². The molecule has 0 saturated heterocycles. The maximum Gasteiger partial charge on any atom is 0.330 e. The molecule has 0 N–H and O–H groups in total. The molecule has 0 aromatic carbocycles. The highest BCUT2D eigenvalue weighted by Gasteiger charge is 2.15. The van der Waals surface area contributed by atoms with Crippen molar-refractivity contribution in [2.24, 2.45) is 14.1 Å². The standard InChI is InChI=1S/C13H20N2O2/c1-14-11-9-7-5-3-4-6-8-10(11)12(16)15(2)13(14)17/h3-9H2,1-2H3. The zero-order chi connectivity index (χ0) is 12.4. The lowest BCUT2D eigenvalue weighted by Gasteiger charge is -2.14. The fourth-order valence-corrected chi connectivity index (χ4v) is 2.65. The van der Waals surface area contributed by atoms with E-state index in [1.165, 1.54) is 23.8 Å². The van der Waals surface area contributed by atoms with E-state index in [0.29, 0.717) is 0 Å². The summed E-state index contributed by atoms with van der Waals surface area (Å²) in [7, 11) is 3.34. The number of rotatable bonds is 0. The Labute approximate surface area is 101 Å². The molecule has 0 spiro atoms. The van der Waals surface area contributed by atoms with Crippen LogP contribution < -0.4 is 11.2 Å². The highest BCUT2D eigenvalue weighted by molar-refractivity contribution is 5.19. The molecule has 0 radical (unpaired) electrons. The van der Waals surface area contributed by atoms with E-state index in [2.05, 4.69) is 0 Å². The Bertz CT molecular complexity index is 525. The van der Waals surface area contributed by atoms with Gasteiger partial charge in [0.1, 0.15) is 0 Å². The number of hydrogen-bond acceptors (Lipinski definition) is 2. The van der Waals surface area contributed by atoms with Gasteiger partial charge in [-0.05, 0) is 25.7 Å². The number of fused-ring (bicyclic) bond motifs is 1. The second-order valence-electron chi connectivity index (χ2n) is 4.90. The topological polar surface area (TPSA) is 44.0 Å². The molecule has 1 heterocycles. The Morgan fingerprint density at radius 3 is 2.12 bits per heavy atom. The second-order valence-corrected chi connectivity index (χ2v) is 4.90. The summed E-state index contributed by atoms with van der Waals surface area (Å²) in [6, 6.07) is 0. The van der Waals surface area contributed by atoms with E-state index >= 15 is 0 Å². The summed E-state index contributed by atoms with van der Waals surface area (Å²) in [6.07, 6.45) is 7.43. The van der Waals surface area contributed by atoms with Crippen LogP contribution in [0.2, 0.25) is 0 Å². The Balaban J connectivity index is 2.61. The summed E-state index contributed by atoms with van der Waals surface area (Å²) >= 11 is 0. The van der Waals surface area contributed by atoms with E-state index in [-0.39, 0.29) is 11.2 Å². The fourth-order valence-electron chi connectivity index (χ4n) is 2.65. The van der Waals surface area contributed by atoms with Gasteiger partial charge in [-0.25, -0.2) is 4.79 Å². The fraction of sp³-hybridized carbons (Fsp3) is 0.692. The lowest BCUT2D eigenvalue weighted by atomic mass is 10.1. The molecule has 0 saturated carbocycles. The van der Waals surface area contributed by atoms with Gasteiger partial charge in [-0.2, -0.15) is 0 Å². The average Bonchev–Trinajstić information content (AvgIpc) is 2.45. The van der Waals surface area contributed by atoms with Crippen molar-refractivity contribution < 1.29 is 0 Å². The van der Waals surface area contributed by atoms with Crippen LogP contribution in [-0.2, 0) is 26.9 Å². The molecule has 0 aliphatic heterocycles. The normalized spacial score (nSPS) is 16.8. The maximum atomic E-state index is 12.1. The summed E-state index contributed by atoms with van der Waals surface area (Å²) in [6.45, 7) is 0. The molecule has 0 unspecified atom stereocenters. The van der Waals surface area contributed by atoms with Gasteiger partial charge in [0.2, 0.25) is 0 Å². The van der Waals surface area contributed by atoms with Crippen molar-refractivity contribution in [3.05, 3.63) is 32.1 Å². The largest absolute Gasteiger partial charge is 0.330 e. The van der Waals surface area contributed by atoms with Crippen molar-refractivity contribution in [3.63, 3.8) is 0 Å². The van der Waals surface area contributed by atoms with Gasteiger partial charge in [-0.3, -0.25) is 9.36 Å². The molecule has 1 aromatic heterocycles. The summed E-state index contributed by atoms with van der Waals surface area (Å²) in [5, 5.41) is 0. The highest BCUT2D eigenvalue weighted by atomic mass is 16.2. The predicted molar refractivity (Wildman–Crippen MR) is 67.4 cm³/mol. The first-order valence-electron chi connectivity index (χ1n) is 6.40. The summed E-state index contributed by atoms with van der Waals surface area (Å²) < 4.78 is 2.89. The molecule has 0 atom stereocenters. The van der Waals surface area contributed by atoms with E-state index < -0.39 is 0 Å². The monoisotopic (exact) mass is 236 g/mol. The summed E-state index contributed by atoms with van der Waals surface area (Å²) in [4.78, 5) is 24.0. The molecule has 94 valence electrons. The van der Waals surface area contributed by atoms with Crippen LogP contribution in [0.1, 0.15) is 43.4 Å². The van der Waals surface area contributed by atoms with Crippen molar-refractivity contribution >= 4 is 0 Å². The van der Waals surface area contributed by atoms with E-state index in [9.17, 15) is 9.59 Å². The predicted octanol–water partition coefficient (Wildman–Crippen LogP) is 1.13. The molecule has 17 heavy (non-hydrogen) atoms. The van der Waals surface area contributed by atoms with Gasteiger partial charge in [-0.1, -0.05) is 19.3 Å². The second kappa shape index (κ2) is 4.90. The number of hydrogen-bond donors (Lipinski definition) is 0. The van der Waals surface area contributed by atoms with Crippen molar-refractivity contribution in [3.8, 4) is 0 Å². The van der Waals surface area contributed by atoms with Crippen LogP contribution in [0, 0.1) is 0 Å². The van der Waals surface area contributed by atoms with E-state index in [1.54, 1.807) is 18.7 Å². The SMILES string of the molecule is Cn1c2c(c(=O)n(C)c1=O)CCCCCCC2. The lowest BCUT2D eigenvalue weighted by molar-refractivity contribution is 0.611. The van der Waals surface area contributed by atoms with Crippen LogP contribution in [0.25, 0.3) is 0 Å². The lowest BCUT2D eigenvalue weighted by Crippen LogP contribution is -2.41. The van der Waals surface area contributed by atoms with E-state index in [0.717, 1.165) is 36.9 Å². The zero-order valence-corrected chi connectivity index (χ0v) is 10.7. The maximum absolute atomic E-state index is 12.1. The van der Waals surface area contributed by atoms with Crippen molar-refractivity contribution in [2.75, 3.05) is 0 Å². The molecule has 0 bridgehead atoms. The molecule has 1 aromatic rings. The molecule has 0 amide bonds. The van der Waals surface area contributed by atoms with Gasteiger partial charge in [-0.15, -0.1) is 0 Å². The van der Waals surface area contributed by atoms with Crippen LogP contribution in [0.3, 0.4) is 0 Å². The van der Waals surface area contributed by atoms with Crippen LogP contribution in [-0.4, -0.2) is 9.13 Å². The Morgan fingerprint density at radius 1 is 0.824 bits per heavy atom. The minimum Gasteiger partial charge on any atom is -0.300 e. The molecule has 2 rings (SSSR count). The van der Waals surface area contributed by atoms with Crippen LogP contribution in [0.5, 0.6) is 0 Å². The molecule has 4 heteroatoms. The molecule has 1 aliphatic carbocycles. The summed E-state index contributed by atoms with van der Waals surface area (Å²) in [5.74, 6) is 0. The first kappa shape index (κ1) is 12.1. The number of nitrogens with zero attached hydrogens (tertiary/aromatic N) is 2. The van der Waals surface area contributed by atoms with Gasteiger partial charge in [0.25, 0.3) is 5.56 Å². The summed E-state index contributed by atoms with van der Waals surface area (Å²) in [5.41, 5.74) is 1.52. The van der Waals surface area contributed by atoms with Gasteiger partial charge >= 0.3 is 5.69 Å². The average molecular weight is 236 g/mol. The number of aromatic nitrogens is 2. The van der Waals surface area contributed by atoms with E-state index in [4.69, 9.17) is 0 Å². The zero-order valence-electron chi connectivity index (χ0n) is 10.7. The highest BCUT2D eigenvalue weighted by Crippen LogP contribution is 2.15. The van der Waals surface area contributed by atoms with Crippen molar-refractivity contribution in [1.29, 1.82) is 0 Å². The minimum atomic E-state index is -0.201. The van der Waals surface area contributed by atoms with E-state index in [1.807, 2.05) is 0 Å². The first-order valence-corrected chi connectivity index (χ1v) is 6.40. The minimum absolute atomic E-state index is 0.0926. The van der Waals surface area contributed by atoms with Crippen molar-refractivity contribution in [1.82, 2.24) is 9.13 Å². The molecule has 4 nitrogen and oxygen atoms in total. The Kier molecular flexibility index (Phi) is 3.50. The Morgan fingerprint density at radius 2 is 1.41 bits per heavy atom. The quantitative estimate of drug-likeness (QED) is 0.678. The smallest absolute Gasteiger partial charge is 0.300 e. The Hall–Kier alpha value is -1.32.